The minimum atomic E-state index is 1.07. The van der Waals surface area contributed by atoms with Crippen LogP contribution in [0.2, 0.25) is 0 Å². The molecule has 1 rings (SSSR count). The van der Waals surface area contributed by atoms with Gasteiger partial charge in [0.1, 0.15) is 0 Å². The molecule has 0 saturated heterocycles. The molecule has 15 heavy (non-hydrogen) atoms. The zero-order valence-electron chi connectivity index (χ0n) is 9.89. The van der Waals surface area contributed by atoms with Gasteiger partial charge in [0.15, 0.2) is 0 Å². The van der Waals surface area contributed by atoms with E-state index in [-0.39, 0.29) is 0 Å². The Labute approximate surface area is 93.8 Å². The summed E-state index contributed by atoms with van der Waals surface area (Å²) in [5.74, 6) is 0. The molecule has 0 heterocycles. The number of nitrogens with one attached hydrogen (secondary N) is 2. The van der Waals surface area contributed by atoms with E-state index < -0.39 is 0 Å². The number of likely N-dealkylation sites (N-methyl/N-ethyl adjacent to an activating group) is 1. The van der Waals surface area contributed by atoms with Gasteiger partial charge in [0.05, 0.1) is 0 Å². The van der Waals surface area contributed by atoms with Gasteiger partial charge in [0.25, 0.3) is 0 Å². The fourth-order valence-corrected chi connectivity index (χ4v) is 1.77. The van der Waals surface area contributed by atoms with Crippen LogP contribution >= 0.6 is 0 Å². The molecule has 0 spiro atoms. The molecule has 1 aliphatic carbocycles. The van der Waals surface area contributed by atoms with Crippen LogP contribution < -0.4 is 10.6 Å². The van der Waals surface area contributed by atoms with Crippen LogP contribution in [-0.4, -0.2) is 26.2 Å². The minimum absolute atomic E-state index is 1.07. The van der Waals surface area contributed by atoms with E-state index in [4.69, 9.17) is 0 Å². The topological polar surface area (TPSA) is 24.1 Å². The molecule has 0 bridgehead atoms. The molecular weight excluding hydrogens is 184 g/mol. The maximum Gasteiger partial charge on any atom is 0.00767 e. The van der Waals surface area contributed by atoms with Crippen molar-refractivity contribution in [3.05, 3.63) is 23.8 Å². The van der Waals surface area contributed by atoms with Crippen molar-refractivity contribution in [2.45, 2.75) is 32.6 Å². The molecule has 0 aromatic carbocycles. The molecule has 0 amide bonds. The van der Waals surface area contributed by atoms with Crippen LogP contribution in [-0.2, 0) is 0 Å². The minimum Gasteiger partial charge on any atom is -0.316 e. The number of allylic oxidation sites excluding steroid dienone is 4. The third kappa shape index (κ3) is 6.47. The fourth-order valence-electron chi connectivity index (χ4n) is 1.77. The van der Waals surface area contributed by atoms with E-state index in [1.54, 1.807) is 5.57 Å². The summed E-state index contributed by atoms with van der Waals surface area (Å²) in [4.78, 5) is 0. The van der Waals surface area contributed by atoms with Crippen LogP contribution in [0.25, 0.3) is 0 Å². The zero-order valence-corrected chi connectivity index (χ0v) is 9.89. The molecule has 0 atom stereocenters. The quantitative estimate of drug-likeness (QED) is 0.472. The van der Waals surface area contributed by atoms with Gasteiger partial charge in [-0.05, 0) is 38.8 Å². The summed E-state index contributed by atoms with van der Waals surface area (Å²) in [5.41, 5.74) is 1.62. The molecular formula is C13H24N2. The predicted octanol–water partition coefficient (Wildman–Crippen LogP) is 2.24. The van der Waals surface area contributed by atoms with Crippen molar-refractivity contribution >= 4 is 0 Å². The van der Waals surface area contributed by atoms with Gasteiger partial charge in [-0.1, -0.05) is 30.7 Å². The van der Waals surface area contributed by atoms with E-state index in [1.165, 1.54) is 19.3 Å². The lowest BCUT2D eigenvalue weighted by Crippen LogP contribution is -2.27. The molecule has 0 unspecified atom stereocenters. The van der Waals surface area contributed by atoms with Gasteiger partial charge in [0.2, 0.25) is 0 Å². The first kappa shape index (κ1) is 12.5. The van der Waals surface area contributed by atoms with Crippen molar-refractivity contribution in [2.24, 2.45) is 0 Å². The van der Waals surface area contributed by atoms with Crippen molar-refractivity contribution in [3.63, 3.8) is 0 Å². The SMILES string of the molecule is CCNCCNCCCC1=CCC=CC1. The fraction of sp³-hybridized carbons (Fsp3) is 0.692. The summed E-state index contributed by atoms with van der Waals surface area (Å²) >= 11 is 0. The molecule has 2 nitrogen and oxygen atoms in total. The molecule has 1 aliphatic rings. The van der Waals surface area contributed by atoms with Crippen molar-refractivity contribution < 1.29 is 0 Å². The van der Waals surface area contributed by atoms with Crippen LogP contribution in [0.4, 0.5) is 0 Å². The van der Waals surface area contributed by atoms with Gasteiger partial charge < -0.3 is 10.6 Å². The Bertz CT molecular complexity index is 207. The average Bonchev–Trinajstić information content (AvgIpc) is 2.29. The number of hydrogen-bond acceptors (Lipinski definition) is 2. The molecule has 0 radical (unpaired) electrons. The van der Waals surface area contributed by atoms with E-state index in [1.807, 2.05) is 0 Å². The van der Waals surface area contributed by atoms with Gasteiger partial charge in [0, 0.05) is 13.1 Å². The number of hydrogen-bond donors (Lipinski definition) is 2. The Kier molecular flexibility index (Phi) is 7.22. The molecule has 2 heteroatoms. The second-order valence-corrected chi connectivity index (χ2v) is 3.98. The summed E-state index contributed by atoms with van der Waals surface area (Å²) in [6, 6.07) is 0. The van der Waals surface area contributed by atoms with E-state index in [9.17, 15) is 0 Å². The predicted molar refractivity (Wildman–Crippen MR) is 67.1 cm³/mol. The van der Waals surface area contributed by atoms with Gasteiger partial charge in [-0.15, -0.1) is 0 Å². The lowest BCUT2D eigenvalue weighted by molar-refractivity contribution is 0.604. The molecule has 86 valence electrons. The first-order valence-electron chi connectivity index (χ1n) is 6.18. The van der Waals surface area contributed by atoms with Crippen molar-refractivity contribution in [1.82, 2.24) is 10.6 Å². The largest absolute Gasteiger partial charge is 0.316 e. The third-order valence-corrected chi connectivity index (χ3v) is 2.67. The standard InChI is InChI=1S/C13H24N2/c1-2-14-11-12-15-10-6-9-13-7-4-3-5-8-13/h3-4,8,14-15H,2,5-7,9-12H2,1H3. The Morgan fingerprint density at radius 3 is 2.73 bits per heavy atom. The normalized spacial score (nSPS) is 15.4. The first-order valence-corrected chi connectivity index (χ1v) is 6.18. The highest BCUT2D eigenvalue weighted by atomic mass is 14.9. The second kappa shape index (κ2) is 8.69. The summed E-state index contributed by atoms with van der Waals surface area (Å²) in [5, 5.41) is 6.76. The second-order valence-electron chi connectivity index (χ2n) is 3.98. The molecule has 0 saturated carbocycles. The smallest absolute Gasteiger partial charge is 0.00767 e. The highest BCUT2D eigenvalue weighted by molar-refractivity contribution is 5.14. The summed E-state index contributed by atoms with van der Waals surface area (Å²) in [6.45, 7) is 6.53. The zero-order chi connectivity index (χ0) is 10.8. The van der Waals surface area contributed by atoms with Crippen molar-refractivity contribution in [2.75, 3.05) is 26.2 Å². The lowest BCUT2D eigenvalue weighted by atomic mass is 10.0. The van der Waals surface area contributed by atoms with Crippen LogP contribution in [0.15, 0.2) is 23.8 Å². The number of rotatable bonds is 8. The van der Waals surface area contributed by atoms with E-state index >= 15 is 0 Å². The van der Waals surface area contributed by atoms with Gasteiger partial charge in [-0.3, -0.25) is 0 Å². The summed E-state index contributed by atoms with van der Waals surface area (Å²) in [6.07, 6.45) is 11.8. The average molecular weight is 208 g/mol. The Hall–Kier alpha value is -0.600. The Morgan fingerprint density at radius 1 is 1.13 bits per heavy atom. The lowest BCUT2D eigenvalue weighted by Gasteiger charge is -2.09. The highest BCUT2D eigenvalue weighted by Gasteiger charge is 1.98. The Balaban J connectivity index is 1.86. The van der Waals surface area contributed by atoms with Crippen LogP contribution in [0.5, 0.6) is 0 Å². The van der Waals surface area contributed by atoms with Crippen molar-refractivity contribution in [3.8, 4) is 0 Å². The van der Waals surface area contributed by atoms with Crippen LogP contribution in [0, 0.1) is 0 Å². The third-order valence-electron chi connectivity index (χ3n) is 2.67. The van der Waals surface area contributed by atoms with Gasteiger partial charge in [-0.2, -0.15) is 0 Å². The van der Waals surface area contributed by atoms with E-state index in [2.05, 4.69) is 35.8 Å². The van der Waals surface area contributed by atoms with Gasteiger partial charge >= 0.3 is 0 Å². The summed E-state index contributed by atoms with van der Waals surface area (Å²) < 4.78 is 0. The molecule has 2 N–H and O–H groups in total. The molecule has 0 aliphatic heterocycles. The molecule has 0 aromatic rings. The van der Waals surface area contributed by atoms with Crippen LogP contribution in [0.1, 0.15) is 32.6 Å². The van der Waals surface area contributed by atoms with Gasteiger partial charge in [-0.25, -0.2) is 0 Å². The first-order chi connectivity index (χ1) is 7.43. The van der Waals surface area contributed by atoms with E-state index in [0.29, 0.717) is 0 Å². The molecule has 0 aromatic heterocycles. The van der Waals surface area contributed by atoms with E-state index in [0.717, 1.165) is 32.6 Å². The highest BCUT2D eigenvalue weighted by Crippen LogP contribution is 2.15. The monoisotopic (exact) mass is 208 g/mol. The maximum absolute atomic E-state index is 3.45. The Morgan fingerprint density at radius 2 is 2.00 bits per heavy atom. The molecule has 0 fully saturated rings. The maximum atomic E-state index is 3.45. The summed E-state index contributed by atoms with van der Waals surface area (Å²) in [7, 11) is 0. The van der Waals surface area contributed by atoms with Crippen LogP contribution in [0.3, 0.4) is 0 Å². The van der Waals surface area contributed by atoms with Crippen molar-refractivity contribution in [1.29, 1.82) is 0 Å².